The first-order valence-electron chi connectivity index (χ1n) is 7.07. The van der Waals surface area contributed by atoms with Crippen LogP contribution in [0.2, 0.25) is 0 Å². The highest BCUT2D eigenvalue weighted by Gasteiger charge is 2.13. The summed E-state index contributed by atoms with van der Waals surface area (Å²) in [6, 6.07) is 7.25. The standard InChI is InChI=1S/C16H16N4O3/c1-10-17-8-13-14(18-10)19(2)16(22)20(15(13)21)9-11-5-4-6-12(7-11)23-3/h4-8H,9H2,1-3H3. The highest BCUT2D eigenvalue weighted by molar-refractivity contribution is 5.72. The molecule has 0 aliphatic rings. The smallest absolute Gasteiger partial charge is 0.332 e. The van der Waals surface area contributed by atoms with Crippen LogP contribution in [0, 0.1) is 6.92 Å². The van der Waals surface area contributed by atoms with Crippen LogP contribution in [0.4, 0.5) is 0 Å². The van der Waals surface area contributed by atoms with E-state index in [1.807, 2.05) is 12.1 Å². The highest BCUT2D eigenvalue weighted by atomic mass is 16.5. The van der Waals surface area contributed by atoms with Crippen LogP contribution in [0.25, 0.3) is 11.0 Å². The van der Waals surface area contributed by atoms with E-state index >= 15 is 0 Å². The molecule has 3 aromatic rings. The average molecular weight is 312 g/mol. The lowest BCUT2D eigenvalue weighted by atomic mass is 10.2. The van der Waals surface area contributed by atoms with E-state index in [0.29, 0.717) is 22.6 Å². The van der Waals surface area contributed by atoms with E-state index in [9.17, 15) is 9.59 Å². The fourth-order valence-electron chi connectivity index (χ4n) is 2.46. The van der Waals surface area contributed by atoms with E-state index in [1.165, 1.54) is 15.3 Å². The van der Waals surface area contributed by atoms with Gasteiger partial charge >= 0.3 is 5.69 Å². The molecule has 0 spiro atoms. The Bertz CT molecular complexity index is 1000. The van der Waals surface area contributed by atoms with Crippen molar-refractivity contribution in [1.29, 1.82) is 0 Å². The minimum Gasteiger partial charge on any atom is -0.497 e. The molecule has 0 radical (unpaired) electrons. The van der Waals surface area contributed by atoms with Gasteiger partial charge in [-0.2, -0.15) is 0 Å². The van der Waals surface area contributed by atoms with Crippen LogP contribution >= 0.6 is 0 Å². The Morgan fingerprint density at radius 2 is 2.04 bits per heavy atom. The zero-order valence-electron chi connectivity index (χ0n) is 13.1. The van der Waals surface area contributed by atoms with Crippen LogP contribution in [-0.4, -0.2) is 26.2 Å². The van der Waals surface area contributed by atoms with Gasteiger partial charge in [-0.25, -0.2) is 14.8 Å². The van der Waals surface area contributed by atoms with E-state index in [4.69, 9.17) is 4.74 Å². The first-order valence-corrected chi connectivity index (χ1v) is 7.07. The Labute approximate surface area is 131 Å². The number of ether oxygens (including phenoxy) is 1. The molecule has 3 rings (SSSR count). The monoisotopic (exact) mass is 312 g/mol. The largest absolute Gasteiger partial charge is 0.497 e. The highest BCUT2D eigenvalue weighted by Crippen LogP contribution is 2.13. The third kappa shape index (κ3) is 2.61. The van der Waals surface area contributed by atoms with Crippen LogP contribution < -0.4 is 16.0 Å². The fourth-order valence-corrected chi connectivity index (χ4v) is 2.46. The van der Waals surface area contributed by atoms with Crippen LogP contribution in [-0.2, 0) is 13.6 Å². The number of hydrogen-bond donors (Lipinski definition) is 0. The van der Waals surface area contributed by atoms with Gasteiger partial charge in [0.1, 0.15) is 17.0 Å². The molecule has 1 aromatic carbocycles. The van der Waals surface area contributed by atoms with Crippen molar-refractivity contribution in [2.45, 2.75) is 13.5 Å². The average Bonchev–Trinajstić information content (AvgIpc) is 2.57. The van der Waals surface area contributed by atoms with Gasteiger partial charge in [-0.05, 0) is 24.6 Å². The lowest BCUT2D eigenvalue weighted by Gasteiger charge is -2.11. The van der Waals surface area contributed by atoms with Gasteiger partial charge in [0.2, 0.25) is 0 Å². The SMILES string of the molecule is COc1cccc(Cn2c(=O)c3cnc(C)nc3n(C)c2=O)c1. The third-order valence-corrected chi connectivity index (χ3v) is 3.68. The Morgan fingerprint density at radius 3 is 2.78 bits per heavy atom. The summed E-state index contributed by atoms with van der Waals surface area (Å²) in [6.07, 6.45) is 1.46. The van der Waals surface area contributed by atoms with Crippen LogP contribution in [0.3, 0.4) is 0 Å². The molecule has 0 bridgehead atoms. The molecule has 0 saturated carbocycles. The molecule has 2 aromatic heterocycles. The summed E-state index contributed by atoms with van der Waals surface area (Å²) in [6.45, 7) is 1.87. The second-order valence-corrected chi connectivity index (χ2v) is 5.24. The Balaban J connectivity index is 2.20. The first kappa shape index (κ1) is 15.0. The summed E-state index contributed by atoms with van der Waals surface area (Å²) in [5.74, 6) is 1.18. The number of fused-ring (bicyclic) bond motifs is 1. The quantitative estimate of drug-likeness (QED) is 0.716. The molecule has 23 heavy (non-hydrogen) atoms. The van der Waals surface area contributed by atoms with Gasteiger partial charge in [0, 0.05) is 13.2 Å². The molecule has 0 aliphatic heterocycles. The predicted octanol–water partition coefficient (Wildman–Crippen LogP) is 0.856. The number of rotatable bonds is 3. The number of methoxy groups -OCH3 is 1. The minimum absolute atomic E-state index is 0.159. The summed E-state index contributed by atoms with van der Waals surface area (Å²) in [5.41, 5.74) is 0.333. The summed E-state index contributed by atoms with van der Waals surface area (Å²) in [7, 11) is 3.17. The van der Waals surface area contributed by atoms with Crippen molar-refractivity contribution in [3.05, 3.63) is 62.7 Å². The van der Waals surface area contributed by atoms with Crippen molar-refractivity contribution in [3.63, 3.8) is 0 Å². The molecule has 0 aliphatic carbocycles. The molecule has 7 heteroatoms. The number of hydrogen-bond acceptors (Lipinski definition) is 5. The van der Waals surface area contributed by atoms with Gasteiger partial charge in [0.25, 0.3) is 5.56 Å². The van der Waals surface area contributed by atoms with Crippen LogP contribution in [0.1, 0.15) is 11.4 Å². The minimum atomic E-state index is -0.414. The van der Waals surface area contributed by atoms with E-state index in [-0.39, 0.29) is 6.54 Å². The lowest BCUT2D eigenvalue weighted by molar-refractivity contribution is 0.414. The van der Waals surface area contributed by atoms with Crippen molar-refractivity contribution >= 4 is 11.0 Å². The maximum absolute atomic E-state index is 12.6. The molecule has 7 nitrogen and oxygen atoms in total. The number of aryl methyl sites for hydroxylation is 2. The summed E-state index contributed by atoms with van der Waals surface area (Å²) in [4.78, 5) is 33.4. The number of nitrogens with zero attached hydrogens (tertiary/aromatic N) is 4. The second kappa shape index (κ2) is 5.68. The van der Waals surface area contributed by atoms with Gasteiger partial charge < -0.3 is 4.74 Å². The van der Waals surface area contributed by atoms with Crippen molar-refractivity contribution in [3.8, 4) is 5.75 Å². The number of aromatic nitrogens is 4. The van der Waals surface area contributed by atoms with Crippen molar-refractivity contribution in [1.82, 2.24) is 19.1 Å². The van der Waals surface area contributed by atoms with E-state index in [2.05, 4.69) is 9.97 Å². The zero-order valence-corrected chi connectivity index (χ0v) is 13.1. The van der Waals surface area contributed by atoms with E-state index in [0.717, 1.165) is 5.56 Å². The maximum Gasteiger partial charge on any atom is 0.332 e. The Kier molecular flexibility index (Phi) is 3.69. The molecule has 0 amide bonds. The van der Waals surface area contributed by atoms with Crippen LogP contribution in [0.15, 0.2) is 40.1 Å². The maximum atomic E-state index is 12.6. The fraction of sp³-hybridized carbons (Fsp3) is 0.250. The topological polar surface area (TPSA) is 79.0 Å². The van der Waals surface area contributed by atoms with Gasteiger partial charge in [-0.3, -0.25) is 13.9 Å². The Hall–Kier alpha value is -2.96. The number of benzene rings is 1. The van der Waals surface area contributed by atoms with Crippen LogP contribution in [0.5, 0.6) is 5.75 Å². The summed E-state index contributed by atoms with van der Waals surface area (Å²) >= 11 is 0. The van der Waals surface area contributed by atoms with Crippen molar-refractivity contribution in [2.24, 2.45) is 7.05 Å². The lowest BCUT2D eigenvalue weighted by Crippen LogP contribution is -2.39. The van der Waals surface area contributed by atoms with E-state index in [1.54, 1.807) is 33.2 Å². The predicted molar refractivity (Wildman–Crippen MR) is 85.9 cm³/mol. The zero-order chi connectivity index (χ0) is 16.6. The molecular formula is C16H16N4O3. The summed E-state index contributed by atoms with van der Waals surface area (Å²) in [5, 5.41) is 0.320. The third-order valence-electron chi connectivity index (χ3n) is 3.68. The molecule has 0 N–H and O–H groups in total. The molecular weight excluding hydrogens is 296 g/mol. The molecule has 0 atom stereocenters. The molecule has 0 saturated heterocycles. The van der Waals surface area contributed by atoms with Crippen molar-refractivity contribution in [2.75, 3.05) is 7.11 Å². The first-order chi connectivity index (χ1) is 11.0. The van der Waals surface area contributed by atoms with Gasteiger partial charge in [0.05, 0.1) is 13.7 Å². The van der Waals surface area contributed by atoms with E-state index < -0.39 is 11.2 Å². The van der Waals surface area contributed by atoms with Gasteiger partial charge in [-0.1, -0.05) is 12.1 Å². The molecule has 118 valence electrons. The van der Waals surface area contributed by atoms with Gasteiger partial charge in [-0.15, -0.1) is 0 Å². The molecule has 2 heterocycles. The summed E-state index contributed by atoms with van der Waals surface area (Å²) < 4.78 is 7.71. The second-order valence-electron chi connectivity index (χ2n) is 5.24. The molecule has 0 fully saturated rings. The Morgan fingerprint density at radius 1 is 1.26 bits per heavy atom. The normalized spacial score (nSPS) is 10.9. The van der Waals surface area contributed by atoms with Crippen molar-refractivity contribution < 1.29 is 4.74 Å². The van der Waals surface area contributed by atoms with Gasteiger partial charge in [0.15, 0.2) is 5.65 Å². The molecule has 0 unspecified atom stereocenters.